The Balaban J connectivity index is 1.72. The Labute approximate surface area is 140 Å². The van der Waals surface area contributed by atoms with E-state index in [0.717, 1.165) is 32.1 Å². The molecule has 2 N–H and O–H groups in total. The van der Waals surface area contributed by atoms with Gasteiger partial charge in [0.2, 0.25) is 0 Å². The molecule has 4 aliphatic rings. The smallest absolute Gasteiger partial charge is 0.188 e. The molecule has 0 spiro atoms. The van der Waals surface area contributed by atoms with Gasteiger partial charge in [0.05, 0.1) is 0 Å². The third-order valence-electron chi connectivity index (χ3n) is 8.67. The molecule has 0 bridgehead atoms. The maximum atomic E-state index is 10.8. The van der Waals surface area contributed by atoms with E-state index in [1.807, 2.05) is 6.08 Å². The van der Waals surface area contributed by atoms with Crippen LogP contribution in [0.4, 0.5) is 0 Å². The van der Waals surface area contributed by atoms with Gasteiger partial charge >= 0.3 is 0 Å². The van der Waals surface area contributed by atoms with E-state index < -0.39 is 11.2 Å². The van der Waals surface area contributed by atoms with E-state index in [1.165, 1.54) is 12.8 Å². The minimum atomic E-state index is -1.66. The van der Waals surface area contributed by atoms with Crippen molar-refractivity contribution in [1.82, 2.24) is 0 Å². The molecule has 0 saturated heterocycles. The van der Waals surface area contributed by atoms with Gasteiger partial charge in [-0.3, -0.25) is 0 Å². The molecule has 0 aromatic heterocycles. The zero-order valence-electron chi connectivity index (χ0n) is 14.5. The zero-order valence-corrected chi connectivity index (χ0v) is 14.5. The average Bonchev–Trinajstić information content (AvgIpc) is 2.85. The number of allylic oxidation sites excluding steroid dienone is 1. The second-order valence-electron chi connectivity index (χ2n) is 9.14. The van der Waals surface area contributed by atoms with Crippen molar-refractivity contribution in [2.45, 2.75) is 64.6 Å². The fraction of sp³-hybridized carbons (Fsp3) is 0.810. The Morgan fingerprint density at radius 3 is 2.57 bits per heavy atom. The molecular formula is C21H30O2. The highest BCUT2D eigenvalue weighted by Gasteiger charge is 2.64. The molecule has 126 valence electrons. The summed E-state index contributed by atoms with van der Waals surface area (Å²) in [6.07, 6.45) is 17.5. The first-order valence-electron chi connectivity index (χ1n) is 9.43. The van der Waals surface area contributed by atoms with Crippen LogP contribution in [0.15, 0.2) is 12.2 Å². The van der Waals surface area contributed by atoms with E-state index in [4.69, 9.17) is 6.42 Å². The number of hydrogen-bond acceptors (Lipinski definition) is 2. The summed E-state index contributed by atoms with van der Waals surface area (Å²) in [7, 11) is 0. The van der Waals surface area contributed by atoms with Crippen LogP contribution in [-0.4, -0.2) is 16.0 Å². The van der Waals surface area contributed by atoms with E-state index in [9.17, 15) is 10.2 Å². The lowest BCUT2D eigenvalue weighted by Gasteiger charge is -2.62. The molecule has 0 aromatic rings. The standard InChI is InChI=1S/C21H30O2/c1-4-14-8-10-17-16-9-7-15-6-5-12-21(22,23)20(15,3)18(16)11-13-19(14,17)2/h1,5,12,14-18,22-23H,6-11,13H2,2-3H3/t14-,15?,16+,17+,18+,19-,20+/m1/s1. The molecule has 23 heavy (non-hydrogen) atoms. The van der Waals surface area contributed by atoms with Crippen LogP contribution < -0.4 is 0 Å². The molecule has 3 saturated carbocycles. The number of aliphatic hydroxyl groups is 2. The van der Waals surface area contributed by atoms with Gasteiger partial charge < -0.3 is 10.2 Å². The predicted molar refractivity (Wildman–Crippen MR) is 91.1 cm³/mol. The lowest BCUT2D eigenvalue weighted by molar-refractivity contribution is -0.272. The number of terminal acetylenes is 1. The molecule has 0 aliphatic heterocycles. The lowest BCUT2D eigenvalue weighted by Crippen LogP contribution is -2.62. The molecule has 4 aliphatic carbocycles. The Hall–Kier alpha value is -0.780. The summed E-state index contributed by atoms with van der Waals surface area (Å²) in [5.74, 6) is 3.92. The summed E-state index contributed by atoms with van der Waals surface area (Å²) in [5.41, 5.74) is -0.128. The fourth-order valence-corrected chi connectivity index (χ4v) is 7.22. The van der Waals surface area contributed by atoms with Crippen molar-refractivity contribution < 1.29 is 10.2 Å². The molecule has 0 amide bonds. The Morgan fingerprint density at radius 2 is 1.83 bits per heavy atom. The third kappa shape index (κ3) is 1.84. The summed E-state index contributed by atoms with van der Waals surface area (Å²) in [6.45, 7) is 4.56. The molecule has 4 rings (SSSR count). The largest absolute Gasteiger partial charge is 0.362 e. The van der Waals surface area contributed by atoms with Crippen LogP contribution in [0.5, 0.6) is 0 Å². The average molecular weight is 314 g/mol. The molecule has 0 aromatic carbocycles. The highest BCUT2D eigenvalue weighted by molar-refractivity contribution is 5.20. The van der Waals surface area contributed by atoms with Crippen molar-refractivity contribution in [2.24, 2.45) is 40.4 Å². The van der Waals surface area contributed by atoms with Crippen molar-refractivity contribution in [3.05, 3.63) is 12.2 Å². The fourth-order valence-electron chi connectivity index (χ4n) is 7.22. The maximum Gasteiger partial charge on any atom is 0.188 e. The van der Waals surface area contributed by atoms with Crippen LogP contribution in [0.25, 0.3) is 0 Å². The lowest BCUT2D eigenvalue weighted by atomic mass is 9.44. The monoisotopic (exact) mass is 314 g/mol. The van der Waals surface area contributed by atoms with Gasteiger partial charge in [-0.2, -0.15) is 0 Å². The molecule has 0 radical (unpaired) electrons. The van der Waals surface area contributed by atoms with E-state index in [0.29, 0.717) is 29.6 Å². The zero-order chi connectivity index (χ0) is 16.5. The van der Waals surface area contributed by atoms with Crippen molar-refractivity contribution in [1.29, 1.82) is 0 Å². The van der Waals surface area contributed by atoms with Gasteiger partial charge in [-0.05, 0) is 80.1 Å². The first-order chi connectivity index (χ1) is 10.8. The SMILES string of the molecule is C#C[C@@H]1CC[C@H]2[C@@H]3CCC4CC=CC(O)(O)[C@]4(C)[C@H]3CC[C@]12C. The van der Waals surface area contributed by atoms with Crippen molar-refractivity contribution in [3.8, 4) is 12.3 Å². The number of fused-ring (bicyclic) bond motifs is 5. The summed E-state index contributed by atoms with van der Waals surface area (Å²) in [6, 6.07) is 0. The number of hydrogen-bond donors (Lipinski definition) is 2. The van der Waals surface area contributed by atoms with Gasteiger partial charge in [-0.1, -0.05) is 19.9 Å². The van der Waals surface area contributed by atoms with Crippen LogP contribution in [0.1, 0.15) is 58.8 Å². The summed E-state index contributed by atoms with van der Waals surface area (Å²) in [4.78, 5) is 0. The van der Waals surface area contributed by atoms with E-state index in [-0.39, 0.29) is 5.41 Å². The van der Waals surface area contributed by atoms with Crippen LogP contribution in [-0.2, 0) is 0 Å². The summed E-state index contributed by atoms with van der Waals surface area (Å²) >= 11 is 0. The van der Waals surface area contributed by atoms with Gasteiger partial charge in [0.25, 0.3) is 0 Å². The Kier molecular flexibility index (Phi) is 3.33. The molecule has 1 unspecified atom stereocenters. The van der Waals surface area contributed by atoms with Crippen molar-refractivity contribution in [3.63, 3.8) is 0 Å². The quantitative estimate of drug-likeness (QED) is 0.406. The number of rotatable bonds is 0. The predicted octanol–water partition coefficient (Wildman–Crippen LogP) is 3.74. The van der Waals surface area contributed by atoms with Gasteiger partial charge in [-0.25, -0.2) is 0 Å². The first-order valence-corrected chi connectivity index (χ1v) is 9.43. The second kappa shape index (κ2) is 4.87. The normalized spacial score (nSPS) is 53.8. The van der Waals surface area contributed by atoms with Crippen LogP contribution in [0.3, 0.4) is 0 Å². The highest BCUT2D eigenvalue weighted by atomic mass is 16.5. The minimum Gasteiger partial charge on any atom is -0.362 e. The Bertz CT molecular complexity index is 571. The van der Waals surface area contributed by atoms with E-state index >= 15 is 0 Å². The molecular weight excluding hydrogens is 284 g/mol. The molecule has 2 heteroatoms. The van der Waals surface area contributed by atoms with Gasteiger partial charge in [0.1, 0.15) is 0 Å². The van der Waals surface area contributed by atoms with Crippen LogP contribution in [0, 0.1) is 52.8 Å². The second-order valence-corrected chi connectivity index (χ2v) is 9.14. The topological polar surface area (TPSA) is 40.5 Å². The van der Waals surface area contributed by atoms with E-state index in [1.54, 1.807) is 6.08 Å². The molecule has 3 fully saturated rings. The van der Waals surface area contributed by atoms with E-state index in [2.05, 4.69) is 19.8 Å². The highest BCUT2D eigenvalue weighted by Crippen LogP contribution is 2.67. The maximum absolute atomic E-state index is 10.8. The van der Waals surface area contributed by atoms with Crippen molar-refractivity contribution in [2.75, 3.05) is 0 Å². The molecule has 7 atom stereocenters. The summed E-state index contributed by atoms with van der Waals surface area (Å²) < 4.78 is 0. The first kappa shape index (κ1) is 15.7. The summed E-state index contributed by atoms with van der Waals surface area (Å²) in [5, 5.41) is 21.6. The molecule has 2 nitrogen and oxygen atoms in total. The Morgan fingerprint density at radius 1 is 1.04 bits per heavy atom. The van der Waals surface area contributed by atoms with Crippen molar-refractivity contribution >= 4 is 0 Å². The van der Waals surface area contributed by atoms with Crippen LogP contribution >= 0.6 is 0 Å². The molecule has 0 heterocycles. The van der Waals surface area contributed by atoms with Gasteiger partial charge in [0.15, 0.2) is 5.79 Å². The van der Waals surface area contributed by atoms with Gasteiger partial charge in [0, 0.05) is 11.3 Å². The van der Waals surface area contributed by atoms with Crippen LogP contribution in [0.2, 0.25) is 0 Å². The van der Waals surface area contributed by atoms with Gasteiger partial charge in [-0.15, -0.1) is 12.3 Å². The third-order valence-corrected chi connectivity index (χ3v) is 8.67. The minimum absolute atomic E-state index is 0.275.